The molecule has 0 radical (unpaired) electrons. The Hall–Kier alpha value is -2.66. The van der Waals surface area contributed by atoms with Crippen LogP contribution in [-0.4, -0.2) is 11.5 Å². The van der Waals surface area contributed by atoms with Gasteiger partial charge in [-0.15, -0.1) is 0 Å². The summed E-state index contributed by atoms with van der Waals surface area (Å²) >= 11 is 0. The molecular weight excluding hydrogens is 349 g/mol. The molecule has 0 spiro atoms. The molecule has 1 heterocycles. The van der Waals surface area contributed by atoms with Crippen molar-refractivity contribution in [1.82, 2.24) is 10.3 Å². The predicted octanol–water partition coefficient (Wildman–Crippen LogP) is 5.49. The van der Waals surface area contributed by atoms with E-state index in [0.29, 0.717) is 0 Å². The Balaban J connectivity index is 1.47. The number of halogens is 3. The van der Waals surface area contributed by atoms with Gasteiger partial charge in [-0.25, -0.2) is 0 Å². The van der Waals surface area contributed by atoms with Gasteiger partial charge in [-0.1, -0.05) is 42.5 Å². The lowest BCUT2D eigenvalue weighted by molar-refractivity contribution is -0.137. The van der Waals surface area contributed by atoms with Crippen molar-refractivity contribution in [2.45, 2.75) is 25.6 Å². The zero-order chi connectivity index (χ0) is 19.1. The second-order valence-electron chi connectivity index (χ2n) is 6.37. The van der Waals surface area contributed by atoms with Gasteiger partial charge in [0.05, 0.1) is 5.56 Å². The number of nitrogens with zero attached hydrogens (tertiary/aromatic N) is 1. The Morgan fingerprint density at radius 3 is 2.07 bits per heavy atom. The monoisotopic (exact) mass is 370 g/mol. The number of benzene rings is 2. The average molecular weight is 370 g/mol. The first-order valence-electron chi connectivity index (χ1n) is 8.89. The van der Waals surface area contributed by atoms with Gasteiger partial charge in [0, 0.05) is 18.4 Å². The Bertz CT molecular complexity index is 826. The fraction of sp³-hybridized carbons (Fsp3) is 0.227. The summed E-state index contributed by atoms with van der Waals surface area (Å²) in [4.78, 5) is 4.30. The van der Waals surface area contributed by atoms with Crippen LogP contribution in [0.15, 0.2) is 72.9 Å². The van der Waals surface area contributed by atoms with Crippen molar-refractivity contribution < 1.29 is 13.2 Å². The number of nitrogens with one attached hydrogen (secondary N) is 1. The van der Waals surface area contributed by atoms with E-state index < -0.39 is 11.7 Å². The summed E-state index contributed by atoms with van der Waals surface area (Å²) in [6.45, 7) is 1.66. The number of aromatic nitrogens is 1. The smallest absolute Gasteiger partial charge is 0.313 e. The quantitative estimate of drug-likeness (QED) is 0.556. The first-order valence-corrected chi connectivity index (χ1v) is 8.89. The standard InChI is InChI=1S/C22H21F3N2/c23-22(24,25)20-12-10-19(11-13-20)18-8-6-17(7-9-18)16-26-14-3-5-21-4-1-2-15-27-21/h1-2,4,6-13,15,26H,3,5,14,16H2. The van der Waals surface area contributed by atoms with Gasteiger partial charge in [-0.2, -0.15) is 13.2 Å². The normalized spacial score (nSPS) is 11.5. The fourth-order valence-corrected chi connectivity index (χ4v) is 2.84. The van der Waals surface area contributed by atoms with E-state index in [1.807, 2.05) is 42.5 Å². The molecule has 27 heavy (non-hydrogen) atoms. The van der Waals surface area contributed by atoms with Gasteiger partial charge in [0.25, 0.3) is 0 Å². The molecule has 3 aromatic rings. The molecule has 0 aliphatic rings. The first kappa shape index (κ1) is 19.1. The minimum absolute atomic E-state index is 0.627. The second-order valence-corrected chi connectivity index (χ2v) is 6.37. The molecule has 5 heteroatoms. The lowest BCUT2D eigenvalue weighted by atomic mass is 10.0. The Morgan fingerprint density at radius 2 is 1.48 bits per heavy atom. The maximum Gasteiger partial charge on any atom is 0.416 e. The van der Waals surface area contributed by atoms with Gasteiger partial charge >= 0.3 is 6.18 Å². The van der Waals surface area contributed by atoms with Crippen LogP contribution < -0.4 is 5.32 Å². The van der Waals surface area contributed by atoms with Crippen LogP contribution >= 0.6 is 0 Å². The van der Waals surface area contributed by atoms with Gasteiger partial charge in [0.2, 0.25) is 0 Å². The van der Waals surface area contributed by atoms with Crippen LogP contribution in [0.2, 0.25) is 0 Å². The molecule has 0 atom stereocenters. The van der Waals surface area contributed by atoms with E-state index in [1.165, 1.54) is 12.1 Å². The summed E-state index contributed by atoms with van der Waals surface area (Å²) in [6, 6.07) is 19.1. The van der Waals surface area contributed by atoms with E-state index in [4.69, 9.17) is 0 Å². The molecule has 3 rings (SSSR count). The Kier molecular flexibility index (Phi) is 6.24. The Labute approximate surface area is 157 Å². The summed E-state index contributed by atoms with van der Waals surface area (Å²) in [5.41, 5.74) is 3.29. The predicted molar refractivity (Wildman–Crippen MR) is 101 cm³/mol. The number of hydrogen-bond donors (Lipinski definition) is 1. The third kappa shape index (κ3) is 5.66. The molecule has 0 saturated carbocycles. The van der Waals surface area contributed by atoms with E-state index in [1.54, 1.807) is 6.20 Å². The topological polar surface area (TPSA) is 24.9 Å². The molecule has 2 aromatic carbocycles. The zero-order valence-electron chi connectivity index (χ0n) is 14.8. The van der Waals surface area contributed by atoms with E-state index >= 15 is 0 Å². The second kappa shape index (κ2) is 8.82. The highest BCUT2D eigenvalue weighted by Gasteiger charge is 2.29. The van der Waals surface area contributed by atoms with Crippen LogP contribution in [0.5, 0.6) is 0 Å². The Morgan fingerprint density at radius 1 is 0.815 bits per heavy atom. The van der Waals surface area contributed by atoms with E-state index in [0.717, 1.165) is 60.4 Å². The lowest BCUT2D eigenvalue weighted by Gasteiger charge is -2.09. The molecular formula is C22H21F3N2. The number of rotatable bonds is 7. The molecule has 0 fully saturated rings. The third-order valence-electron chi connectivity index (χ3n) is 4.34. The van der Waals surface area contributed by atoms with Gasteiger partial charge in [-0.3, -0.25) is 4.98 Å². The number of pyridine rings is 1. The van der Waals surface area contributed by atoms with Crippen molar-refractivity contribution >= 4 is 0 Å². The molecule has 0 amide bonds. The van der Waals surface area contributed by atoms with Crippen molar-refractivity contribution in [2.24, 2.45) is 0 Å². The minimum Gasteiger partial charge on any atom is -0.313 e. The van der Waals surface area contributed by atoms with Gasteiger partial charge in [0.15, 0.2) is 0 Å². The summed E-state index contributed by atoms with van der Waals surface area (Å²) in [5, 5.41) is 3.40. The molecule has 0 saturated heterocycles. The summed E-state index contributed by atoms with van der Waals surface area (Å²) in [6.07, 6.45) is -0.535. The highest BCUT2D eigenvalue weighted by atomic mass is 19.4. The minimum atomic E-state index is -4.30. The van der Waals surface area contributed by atoms with E-state index in [2.05, 4.69) is 10.3 Å². The molecule has 1 aromatic heterocycles. The summed E-state index contributed by atoms with van der Waals surface area (Å²) in [5.74, 6) is 0. The number of aryl methyl sites for hydroxylation is 1. The summed E-state index contributed by atoms with van der Waals surface area (Å²) < 4.78 is 37.9. The third-order valence-corrected chi connectivity index (χ3v) is 4.34. The highest BCUT2D eigenvalue weighted by Crippen LogP contribution is 2.31. The molecule has 0 bridgehead atoms. The average Bonchev–Trinajstić information content (AvgIpc) is 2.68. The maximum atomic E-state index is 12.6. The molecule has 1 N–H and O–H groups in total. The van der Waals surface area contributed by atoms with Gasteiger partial charge in [-0.05, 0) is 60.3 Å². The highest BCUT2D eigenvalue weighted by molar-refractivity contribution is 5.64. The fourth-order valence-electron chi connectivity index (χ4n) is 2.84. The SMILES string of the molecule is FC(F)(F)c1ccc(-c2ccc(CNCCCc3ccccn3)cc2)cc1. The molecule has 0 unspecified atom stereocenters. The largest absolute Gasteiger partial charge is 0.416 e. The molecule has 140 valence electrons. The van der Waals surface area contributed by atoms with Crippen LogP contribution in [0.1, 0.15) is 23.2 Å². The van der Waals surface area contributed by atoms with Crippen LogP contribution in [-0.2, 0) is 19.1 Å². The molecule has 0 aliphatic heterocycles. The van der Waals surface area contributed by atoms with Gasteiger partial charge < -0.3 is 5.32 Å². The first-order chi connectivity index (χ1) is 13.0. The number of alkyl halides is 3. The van der Waals surface area contributed by atoms with Crippen molar-refractivity contribution in [3.8, 4) is 11.1 Å². The lowest BCUT2D eigenvalue weighted by Crippen LogP contribution is -2.15. The van der Waals surface area contributed by atoms with Gasteiger partial charge in [0.1, 0.15) is 0 Å². The molecule has 2 nitrogen and oxygen atoms in total. The van der Waals surface area contributed by atoms with E-state index in [9.17, 15) is 13.2 Å². The zero-order valence-corrected chi connectivity index (χ0v) is 14.8. The van der Waals surface area contributed by atoms with Crippen molar-refractivity contribution in [3.63, 3.8) is 0 Å². The van der Waals surface area contributed by atoms with Crippen molar-refractivity contribution in [1.29, 1.82) is 0 Å². The van der Waals surface area contributed by atoms with Crippen LogP contribution in [0.3, 0.4) is 0 Å². The number of hydrogen-bond acceptors (Lipinski definition) is 2. The maximum absolute atomic E-state index is 12.6. The summed E-state index contributed by atoms with van der Waals surface area (Å²) in [7, 11) is 0. The van der Waals surface area contributed by atoms with E-state index in [-0.39, 0.29) is 0 Å². The van der Waals surface area contributed by atoms with Crippen molar-refractivity contribution in [3.05, 3.63) is 89.7 Å². The van der Waals surface area contributed by atoms with Crippen molar-refractivity contribution in [2.75, 3.05) is 6.54 Å². The van der Waals surface area contributed by atoms with Crippen LogP contribution in [0.25, 0.3) is 11.1 Å². The van der Waals surface area contributed by atoms with Crippen LogP contribution in [0.4, 0.5) is 13.2 Å². The molecule has 0 aliphatic carbocycles. The van der Waals surface area contributed by atoms with Crippen LogP contribution in [0, 0.1) is 0 Å².